The van der Waals surface area contributed by atoms with Gasteiger partial charge in [-0.15, -0.1) is 11.3 Å². The van der Waals surface area contributed by atoms with E-state index in [0.29, 0.717) is 6.04 Å². The molecule has 0 bridgehead atoms. The highest BCUT2D eigenvalue weighted by molar-refractivity contribution is 7.09. The highest BCUT2D eigenvalue weighted by atomic mass is 32.1. The predicted octanol–water partition coefficient (Wildman–Crippen LogP) is 1.71. The molecule has 78 valence electrons. The highest BCUT2D eigenvalue weighted by Gasteiger charge is 2.15. The number of rotatable bonds is 3. The van der Waals surface area contributed by atoms with E-state index in [9.17, 15) is 0 Å². The standard InChI is InChI=1S/C11H18N2S/c12-10-3-6-13(7-4-10)8-5-11-2-1-9-14-11/h1-2,9-10H,3-8,12H2. The molecule has 3 heteroatoms. The van der Waals surface area contributed by atoms with Crippen LogP contribution in [0.3, 0.4) is 0 Å². The fraction of sp³-hybridized carbons (Fsp3) is 0.636. The summed E-state index contributed by atoms with van der Waals surface area (Å²) in [6.07, 6.45) is 3.54. The molecule has 1 aromatic rings. The topological polar surface area (TPSA) is 29.3 Å². The van der Waals surface area contributed by atoms with Crippen molar-refractivity contribution in [3.63, 3.8) is 0 Å². The van der Waals surface area contributed by atoms with Gasteiger partial charge in [-0.25, -0.2) is 0 Å². The summed E-state index contributed by atoms with van der Waals surface area (Å²) in [5.74, 6) is 0. The van der Waals surface area contributed by atoms with Crippen LogP contribution >= 0.6 is 11.3 Å². The Morgan fingerprint density at radius 2 is 2.21 bits per heavy atom. The quantitative estimate of drug-likeness (QED) is 0.823. The third kappa shape index (κ3) is 2.80. The van der Waals surface area contributed by atoms with E-state index in [0.717, 1.165) is 0 Å². The summed E-state index contributed by atoms with van der Waals surface area (Å²) in [5, 5.41) is 2.15. The van der Waals surface area contributed by atoms with Gasteiger partial charge in [0.05, 0.1) is 0 Å². The average molecular weight is 210 g/mol. The second kappa shape index (κ2) is 4.91. The molecule has 0 atom stereocenters. The Morgan fingerprint density at radius 3 is 2.86 bits per heavy atom. The molecule has 1 aliphatic heterocycles. The second-order valence-electron chi connectivity index (χ2n) is 4.01. The van der Waals surface area contributed by atoms with Gasteiger partial charge in [0.2, 0.25) is 0 Å². The van der Waals surface area contributed by atoms with Crippen LogP contribution in [0.2, 0.25) is 0 Å². The van der Waals surface area contributed by atoms with E-state index < -0.39 is 0 Å². The lowest BCUT2D eigenvalue weighted by molar-refractivity contribution is 0.216. The Bertz CT molecular complexity index is 250. The summed E-state index contributed by atoms with van der Waals surface area (Å²) in [6, 6.07) is 4.81. The minimum atomic E-state index is 0.452. The first-order valence-corrected chi connectivity index (χ1v) is 6.23. The van der Waals surface area contributed by atoms with Gasteiger partial charge in [0.15, 0.2) is 0 Å². The molecule has 0 radical (unpaired) electrons. The Balaban J connectivity index is 1.71. The van der Waals surface area contributed by atoms with E-state index in [1.807, 2.05) is 11.3 Å². The number of thiophene rings is 1. The zero-order valence-electron chi connectivity index (χ0n) is 8.48. The van der Waals surface area contributed by atoms with Gasteiger partial charge in [-0.2, -0.15) is 0 Å². The Hall–Kier alpha value is -0.380. The molecule has 0 unspecified atom stereocenters. The molecule has 1 saturated heterocycles. The third-order valence-electron chi connectivity index (χ3n) is 2.89. The van der Waals surface area contributed by atoms with Crippen molar-refractivity contribution in [2.24, 2.45) is 5.73 Å². The number of nitrogens with two attached hydrogens (primary N) is 1. The van der Waals surface area contributed by atoms with Crippen LogP contribution in [0, 0.1) is 0 Å². The van der Waals surface area contributed by atoms with Crippen LogP contribution < -0.4 is 5.73 Å². The first-order chi connectivity index (χ1) is 6.84. The molecule has 2 rings (SSSR count). The number of hydrogen-bond donors (Lipinski definition) is 1. The summed E-state index contributed by atoms with van der Waals surface area (Å²) in [5.41, 5.74) is 5.86. The van der Waals surface area contributed by atoms with Gasteiger partial charge in [-0.05, 0) is 43.8 Å². The lowest BCUT2D eigenvalue weighted by atomic mass is 10.1. The lowest BCUT2D eigenvalue weighted by Gasteiger charge is -2.29. The fourth-order valence-corrected chi connectivity index (χ4v) is 2.60. The van der Waals surface area contributed by atoms with Crippen LogP contribution in [0.1, 0.15) is 17.7 Å². The fourth-order valence-electron chi connectivity index (χ4n) is 1.90. The molecule has 2 N–H and O–H groups in total. The van der Waals surface area contributed by atoms with Crippen LogP contribution in [0.4, 0.5) is 0 Å². The Labute approximate surface area is 89.7 Å². The molecule has 0 saturated carbocycles. The highest BCUT2D eigenvalue weighted by Crippen LogP contribution is 2.12. The summed E-state index contributed by atoms with van der Waals surface area (Å²) in [4.78, 5) is 4.03. The first kappa shape index (κ1) is 10.1. The predicted molar refractivity (Wildman–Crippen MR) is 61.7 cm³/mol. The normalized spacial score (nSPS) is 20.1. The molecular formula is C11H18N2S. The van der Waals surface area contributed by atoms with Crippen molar-refractivity contribution in [2.45, 2.75) is 25.3 Å². The molecule has 0 aromatic carbocycles. The van der Waals surface area contributed by atoms with Crippen molar-refractivity contribution < 1.29 is 0 Å². The number of likely N-dealkylation sites (tertiary alicyclic amines) is 1. The van der Waals surface area contributed by atoms with E-state index in [2.05, 4.69) is 22.4 Å². The SMILES string of the molecule is NC1CCN(CCc2cccs2)CC1. The maximum Gasteiger partial charge on any atom is 0.00631 e. The number of piperidine rings is 1. The molecule has 0 spiro atoms. The maximum absolute atomic E-state index is 5.86. The molecule has 2 nitrogen and oxygen atoms in total. The summed E-state index contributed by atoms with van der Waals surface area (Å²) < 4.78 is 0. The second-order valence-corrected chi connectivity index (χ2v) is 5.04. The molecule has 1 aliphatic rings. The van der Waals surface area contributed by atoms with Crippen molar-refractivity contribution in [3.8, 4) is 0 Å². The molecule has 1 fully saturated rings. The third-order valence-corrected chi connectivity index (χ3v) is 3.82. The van der Waals surface area contributed by atoms with Gasteiger partial charge >= 0.3 is 0 Å². The molecule has 0 aliphatic carbocycles. The van der Waals surface area contributed by atoms with Gasteiger partial charge in [0.25, 0.3) is 0 Å². The number of hydrogen-bond acceptors (Lipinski definition) is 3. The van der Waals surface area contributed by atoms with E-state index in [1.165, 1.54) is 43.8 Å². The van der Waals surface area contributed by atoms with Crippen LogP contribution in [0.15, 0.2) is 17.5 Å². The largest absolute Gasteiger partial charge is 0.328 e. The van der Waals surface area contributed by atoms with Crippen LogP contribution in [0.5, 0.6) is 0 Å². The van der Waals surface area contributed by atoms with Crippen molar-refractivity contribution in [1.82, 2.24) is 4.90 Å². The minimum absolute atomic E-state index is 0.452. The Morgan fingerprint density at radius 1 is 1.43 bits per heavy atom. The van der Waals surface area contributed by atoms with Crippen molar-refractivity contribution in [1.29, 1.82) is 0 Å². The van der Waals surface area contributed by atoms with Crippen LogP contribution in [-0.2, 0) is 6.42 Å². The smallest absolute Gasteiger partial charge is 0.00631 e. The van der Waals surface area contributed by atoms with Crippen molar-refractivity contribution in [3.05, 3.63) is 22.4 Å². The molecule has 1 aromatic heterocycles. The van der Waals surface area contributed by atoms with Gasteiger partial charge < -0.3 is 10.6 Å². The summed E-state index contributed by atoms with van der Waals surface area (Å²) in [7, 11) is 0. The van der Waals surface area contributed by atoms with Gasteiger partial charge in [0, 0.05) is 17.5 Å². The van der Waals surface area contributed by atoms with E-state index in [1.54, 1.807) is 0 Å². The van der Waals surface area contributed by atoms with Gasteiger partial charge in [-0.3, -0.25) is 0 Å². The molecular weight excluding hydrogens is 192 g/mol. The first-order valence-electron chi connectivity index (χ1n) is 5.35. The average Bonchev–Trinajstić information content (AvgIpc) is 2.70. The lowest BCUT2D eigenvalue weighted by Crippen LogP contribution is -2.40. The zero-order chi connectivity index (χ0) is 9.80. The van der Waals surface area contributed by atoms with Crippen molar-refractivity contribution in [2.75, 3.05) is 19.6 Å². The monoisotopic (exact) mass is 210 g/mol. The molecule has 2 heterocycles. The minimum Gasteiger partial charge on any atom is -0.328 e. The Kier molecular flexibility index (Phi) is 3.56. The summed E-state index contributed by atoms with van der Waals surface area (Å²) >= 11 is 1.86. The van der Waals surface area contributed by atoms with E-state index in [4.69, 9.17) is 5.73 Å². The van der Waals surface area contributed by atoms with Gasteiger partial charge in [-0.1, -0.05) is 6.07 Å². The maximum atomic E-state index is 5.86. The van der Waals surface area contributed by atoms with Crippen molar-refractivity contribution >= 4 is 11.3 Å². The molecule has 0 amide bonds. The molecule has 14 heavy (non-hydrogen) atoms. The van der Waals surface area contributed by atoms with E-state index >= 15 is 0 Å². The number of nitrogens with zero attached hydrogens (tertiary/aromatic N) is 1. The van der Waals surface area contributed by atoms with Crippen LogP contribution in [-0.4, -0.2) is 30.6 Å². The van der Waals surface area contributed by atoms with Gasteiger partial charge in [0.1, 0.15) is 0 Å². The van der Waals surface area contributed by atoms with E-state index in [-0.39, 0.29) is 0 Å². The van der Waals surface area contributed by atoms with Crippen LogP contribution in [0.25, 0.3) is 0 Å². The zero-order valence-corrected chi connectivity index (χ0v) is 9.30. The summed E-state index contributed by atoms with van der Waals surface area (Å²) in [6.45, 7) is 3.58.